The highest BCUT2D eigenvalue weighted by molar-refractivity contribution is 7.09. The van der Waals surface area contributed by atoms with Gasteiger partial charge in [0.25, 0.3) is 0 Å². The van der Waals surface area contributed by atoms with E-state index in [0.29, 0.717) is 18.4 Å². The Morgan fingerprint density at radius 2 is 2.32 bits per heavy atom. The summed E-state index contributed by atoms with van der Waals surface area (Å²) in [5.41, 5.74) is 0.851. The summed E-state index contributed by atoms with van der Waals surface area (Å²) in [4.78, 5) is 18.4. The summed E-state index contributed by atoms with van der Waals surface area (Å²) in [5.74, 6) is 0.565. The van der Waals surface area contributed by atoms with Gasteiger partial charge in [0.15, 0.2) is 0 Å². The van der Waals surface area contributed by atoms with E-state index in [1.807, 2.05) is 17.2 Å². The first-order valence-electron chi connectivity index (χ1n) is 6.61. The molecule has 1 aliphatic heterocycles. The first-order chi connectivity index (χ1) is 9.22. The molecule has 106 valence electrons. The van der Waals surface area contributed by atoms with Crippen molar-refractivity contribution in [3.63, 3.8) is 0 Å². The molecule has 1 fully saturated rings. The van der Waals surface area contributed by atoms with Crippen molar-refractivity contribution in [2.24, 2.45) is 0 Å². The molecule has 0 aliphatic carbocycles. The average molecular weight is 303 g/mol. The monoisotopic (exact) mass is 302 g/mol. The van der Waals surface area contributed by atoms with Crippen molar-refractivity contribution in [1.29, 1.82) is 0 Å². The lowest BCUT2D eigenvalue weighted by atomic mass is 10.1. The van der Waals surface area contributed by atoms with Gasteiger partial charge in [-0.05, 0) is 19.8 Å². The maximum Gasteiger partial charge on any atom is 0.229 e. The lowest BCUT2D eigenvalue weighted by Gasteiger charge is -2.31. The molecule has 1 aliphatic rings. The van der Waals surface area contributed by atoms with E-state index in [-0.39, 0.29) is 5.91 Å². The summed E-state index contributed by atoms with van der Waals surface area (Å²) < 4.78 is 5.58. The number of amides is 1. The minimum Gasteiger partial charge on any atom is -0.378 e. The number of aromatic nitrogens is 1. The Morgan fingerprint density at radius 3 is 2.89 bits per heavy atom. The van der Waals surface area contributed by atoms with Gasteiger partial charge in [0.1, 0.15) is 5.01 Å². The number of carbonyl (C=O) groups is 1. The molecule has 2 heterocycles. The number of rotatable bonds is 5. The third-order valence-electron chi connectivity index (χ3n) is 3.24. The lowest BCUT2D eigenvalue weighted by Crippen LogP contribution is -2.41. The fraction of sp³-hybridized carbons (Fsp3) is 0.692. The number of likely N-dealkylation sites (tertiary alicyclic amines) is 1. The van der Waals surface area contributed by atoms with E-state index in [1.54, 1.807) is 0 Å². The van der Waals surface area contributed by atoms with Crippen LogP contribution in [0.3, 0.4) is 0 Å². The van der Waals surface area contributed by atoms with Crippen molar-refractivity contribution < 1.29 is 9.53 Å². The Morgan fingerprint density at radius 1 is 1.58 bits per heavy atom. The van der Waals surface area contributed by atoms with Gasteiger partial charge in [0.2, 0.25) is 5.91 Å². The van der Waals surface area contributed by atoms with Crippen molar-refractivity contribution in [3.05, 3.63) is 16.1 Å². The number of ether oxygens (including phenoxy) is 1. The molecule has 0 spiro atoms. The first kappa shape index (κ1) is 14.8. The quantitative estimate of drug-likeness (QED) is 0.785. The van der Waals surface area contributed by atoms with Crippen LogP contribution < -0.4 is 0 Å². The molecule has 0 bridgehead atoms. The standard InChI is InChI=1S/C13H19ClN2O2S/c1-2-18-11-3-5-16(6-4-11)13(17)7-12-15-10(8-14)9-19-12/h9,11H,2-8H2,1H3. The Kier molecular flexibility index (Phi) is 5.60. The molecule has 4 nitrogen and oxygen atoms in total. The smallest absolute Gasteiger partial charge is 0.229 e. The third-order valence-corrected chi connectivity index (χ3v) is 4.41. The van der Waals surface area contributed by atoms with Crippen molar-refractivity contribution in [3.8, 4) is 0 Å². The number of nitrogens with zero attached hydrogens (tertiary/aromatic N) is 2. The van der Waals surface area contributed by atoms with Crippen molar-refractivity contribution >= 4 is 28.8 Å². The SMILES string of the molecule is CCOC1CCN(C(=O)Cc2nc(CCl)cs2)CC1. The van der Waals surface area contributed by atoms with Crippen LogP contribution in [0.5, 0.6) is 0 Å². The van der Waals surface area contributed by atoms with Gasteiger partial charge in [-0.1, -0.05) is 0 Å². The molecule has 1 saturated heterocycles. The second-order valence-corrected chi connectivity index (χ2v) is 5.79. The topological polar surface area (TPSA) is 42.4 Å². The number of carbonyl (C=O) groups excluding carboxylic acids is 1. The Hall–Kier alpha value is -0.650. The van der Waals surface area contributed by atoms with Crippen LogP contribution in [0.15, 0.2) is 5.38 Å². The van der Waals surface area contributed by atoms with E-state index in [4.69, 9.17) is 16.3 Å². The van der Waals surface area contributed by atoms with E-state index in [1.165, 1.54) is 11.3 Å². The summed E-state index contributed by atoms with van der Waals surface area (Å²) in [6.07, 6.45) is 2.58. The van der Waals surface area contributed by atoms with E-state index in [9.17, 15) is 4.79 Å². The highest BCUT2D eigenvalue weighted by Gasteiger charge is 2.23. The molecule has 0 saturated carbocycles. The van der Waals surface area contributed by atoms with Crippen LogP contribution in [-0.2, 0) is 21.8 Å². The van der Waals surface area contributed by atoms with E-state index in [0.717, 1.165) is 43.2 Å². The molecule has 6 heteroatoms. The zero-order chi connectivity index (χ0) is 13.7. The fourth-order valence-corrected chi connectivity index (χ4v) is 3.25. The van der Waals surface area contributed by atoms with Crippen molar-refractivity contribution in [2.45, 2.75) is 38.2 Å². The minimum atomic E-state index is 0.158. The number of hydrogen-bond acceptors (Lipinski definition) is 4. The van der Waals surface area contributed by atoms with Crippen LogP contribution in [0.4, 0.5) is 0 Å². The minimum absolute atomic E-state index is 0.158. The van der Waals surface area contributed by atoms with Gasteiger partial charge in [-0.3, -0.25) is 4.79 Å². The Bertz CT molecular complexity index is 417. The molecule has 0 radical (unpaired) electrons. The van der Waals surface area contributed by atoms with Gasteiger partial charge in [-0.25, -0.2) is 4.98 Å². The molecule has 1 aromatic heterocycles. The summed E-state index contributed by atoms with van der Waals surface area (Å²) in [6.45, 7) is 4.34. The molecule has 0 N–H and O–H groups in total. The summed E-state index contributed by atoms with van der Waals surface area (Å²) in [6, 6.07) is 0. The number of alkyl halides is 1. The molecule has 0 atom stereocenters. The zero-order valence-electron chi connectivity index (χ0n) is 11.1. The largest absolute Gasteiger partial charge is 0.378 e. The van der Waals surface area contributed by atoms with Gasteiger partial charge in [-0.15, -0.1) is 22.9 Å². The zero-order valence-corrected chi connectivity index (χ0v) is 12.7. The number of piperidine rings is 1. The molecule has 19 heavy (non-hydrogen) atoms. The average Bonchev–Trinajstić information content (AvgIpc) is 2.87. The van der Waals surface area contributed by atoms with Crippen molar-refractivity contribution in [2.75, 3.05) is 19.7 Å². The normalized spacial score (nSPS) is 16.8. The lowest BCUT2D eigenvalue weighted by molar-refractivity contribution is -0.133. The molecule has 0 aromatic carbocycles. The first-order valence-corrected chi connectivity index (χ1v) is 8.03. The third kappa shape index (κ3) is 4.16. The molecule has 1 amide bonds. The summed E-state index contributed by atoms with van der Waals surface area (Å²) in [5, 5.41) is 2.77. The molecule has 0 unspecified atom stereocenters. The summed E-state index contributed by atoms with van der Waals surface area (Å²) in [7, 11) is 0. The van der Waals surface area contributed by atoms with E-state index >= 15 is 0 Å². The second-order valence-electron chi connectivity index (χ2n) is 4.58. The van der Waals surface area contributed by atoms with Crippen LogP contribution in [0.2, 0.25) is 0 Å². The predicted molar refractivity (Wildman–Crippen MR) is 76.6 cm³/mol. The number of halogens is 1. The highest BCUT2D eigenvalue weighted by Crippen LogP contribution is 2.17. The number of hydrogen-bond donors (Lipinski definition) is 0. The Labute approximate surface area is 122 Å². The van der Waals surface area contributed by atoms with Gasteiger partial charge in [-0.2, -0.15) is 0 Å². The number of thiazole rings is 1. The van der Waals surface area contributed by atoms with Crippen LogP contribution in [0.1, 0.15) is 30.5 Å². The van der Waals surface area contributed by atoms with E-state index < -0.39 is 0 Å². The van der Waals surface area contributed by atoms with Gasteiger partial charge < -0.3 is 9.64 Å². The molecular formula is C13H19ClN2O2S. The van der Waals surface area contributed by atoms with Gasteiger partial charge >= 0.3 is 0 Å². The van der Waals surface area contributed by atoms with Gasteiger partial charge in [0.05, 0.1) is 24.1 Å². The van der Waals surface area contributed by atoms with Crippen molar-refractivity contribution in [1.82, 2.24) is 9.88 Å². The predicted octanol–water partition coefficient (Wildman–Crippen LogP) is 2.45. The maximum absolute atomic E-state index is 12.1. The molecular weight excluding hydrogens is 284 g/mol. The van der Waals surface area contributed by atoms with Gasteiger partial charge in [0, 0.05) is 25.1 Å². The van der Waals surface area contributed by atoms with Crippen LogP contribution in [0.25, 0.3) is 0 Å². The summed E-state index contributed by atoms with van der Waals surface area (Å²) >= 11 is 7.21. The highest BCUT2D eigenvalue weighted by atomic mass is 35.5. The maximum atomic E-state index is 12.1. The van der Waals surface area contributed by atoms with Crippen LogP contribution >= 0.6 is 22.9 Å². The Balaban J connectivity index is 1.81. The van der Waals surface area contributed by atoms with Crippen LogP contribution in [0, 0.1) is 0 Å². The van der Waals surface area contributed by atoms with E-state index in [2.05, 4.69) is 4.98 Å². The molecule has 1 aromatic rings. The second kappa shape index (κ2) is 7.22. The van der Waals surface area contributed by atoms with Crippen LogP contribution in [-0.4, -0.2) is 41.6 Å². The molecule has 2 rings (SSSR count). The fourth-order valence-electron chi connectivity index (χ4n) is 2.24.